The molecule has 0 aliphatic carbocycles. The summed E-state index contributed by atoms with van der Waals surface area (Å²) in [6.07, 6.45) is 5.25. The van der Waals surface area contributed by atoms with Crippen LogP contribution in [0.1, 0.15) is 5.69 Å². The number of rotatable bonds is 3. The number of H-pyrrole nitrogens is 1. The molecule has 0 spiro atoms. The molecule has 0 bridgehead atoms. The molecule has 5 rings (SSSR count). The predicted octanol–water partition coefficient (Wildman–Crippen LogP) is 3.86. The fraction of sp³-hybridized carbons (Fsp3) is 0.0526. The highest BCUT2D eigenvalue weighted by Gasteiger charge is 2.12. The smallest absolute Gasteiger partial charge is 0.158 e. The van der Waals surface area contributed by atoms with Gasteiger partial charge in [0, 0.05) is 29.9 Å². The van der Waals surface area contributed by atoms with Crippen LogP contribution < -0.4 is 5.32 Å². The molecule has 132 valence electrons. The Labute approximate surface area is 152 Å². The van der Waals surface area contributed by atoms with E-state index in [-0.39, 0.29) is 5.82 Å². The van der Waals surface area contributed by atoms with E-state index in [1.165, 1.54) is 6.07 Å². The summed E-state index contributed by atoms with van der Waals surface area (Å²) in [6.45, 7) is 1.63. The van der Waals surface area contributed by atoms with Crippen LogP contribution in [-0.4, -0.2) is 29.5 Å². The van der Waals surface area contributed by atoms with Crippen LogP contribution in [-0.2, 0) is 0 Å². The van der Waals surface area contributed by atoms with Crippen molar-refractivity contribution in [3.63, 3.8) is 0 Å². The third kappa shape index (κ3) is 2.58. The van der Waals surface area contributed by atoms with Crippen LogP contribution in [0.2, 0.25) is 0 Å². The molecule has 5 aromatic rings. The number of hydrogen-bond donors (Lipinski definition) is 2. The van der Waals surface area contributed by atoms with Crippen LogP contribution in [0.3, 0.4) is 0 Å². The molecule has 27 heavy (non-hydrogen) atoms. The van der Waals surface area contributed by atoms with E-state index in [4.69, 9.17) is 0 Å². The van der Waals surface area contributed by atoms with Gasteiger partial charge in [0.1, 0.15) is 17.3 Å². The monoisotopic (exact) mass is 359 g/mol. The van der Waals surface area contributed by atoms with E-state index in [1.807, 2.05) is 30.5 Å². The molecule has 0 atom stereocenters. The molecule has 8 heteroatoms. The predicted molar refractivity (Wildman–Crippen MR) is 100 cm³/mol. The van der Waals surface area contributed by atoms with E-state index in [0.29, 0.717) is 22.7 Å². The van der Waals surface area contributed by atoms with Crippen molar-refractivity contribution in [2.75, 3.05) is 5.32 Å². The Balaban J connectivity index is 1.66. The Hall–Kier alpha value is -3.81. The van der Waals surface area contributed by atoms with Crippen molar-refractivity contribution in [2.45, 2.75) is 6.92 Å². The van der Waals surface area contributed by atoms with E-state index >= 15 is 0 Å². The highest BCUT2D eigenvalue weighted by atomic mass is 19.1. The van der Waals surface area contributed by atoms with Gasteiger partial charge in [-0.05, 0) is 31.2 Å². The van der Waals surface area contributed by atoms with Crippen molar-refractivity contribution < 1.29 is 4.39 Å². The van der Waals surface area contributed by atoms with Gasteiger partial charge in [0.05, 0.1) is 29.0 Å². The van der Waals surface area contributed by atoms with E-state index in [0.717, 1.165) is 22.5 Å². The lowest BCUT2D eigenvalue weighted by molar-refractivity contribution is 0.610. The first-order valence-electron chi connectivity index (χ1n) is 8.36. The molecular weight excluding hydrogens is 345 g/mol. The highest BCUT2D eigenvalue weighted by Crippen LogP contribution is 2.27. The molecule has 5 aromatic heterocycles. The third-order valence-corrected chi connectivity index (χ3v) is 4.37. The molecule has 0 saturated heterocycles. The van der Waals surface area contributed by atoms with E-state index in [9.17, 15) is 4.39 Å². The van der Waals surface area contributed by atoms with Gasteiger partial charge in [0.25, 0.3) is 0 Å². The fourth-order valence-electron chi connectivity index (χ4n) is 3.03. The quantitative estimate of drug-likeness (QED) is 0.511. The molecular formula is C19H14FN7. The lowest BCUT2D eigenvalue weighted by Crippen LogP contribution is -2.03. The first-order valence-corrected chi connectivity index (χ1v) is 8.36. The van der Waals surface area contributed by atoms with Crippen LogP contribution in [0.15, 0.2) is 55.0 Å². The second-order valence-corrected chi connectivity index (χ2v) is 6.12. The van der Waals surface area contributed by atoms with Crippen LogP contribution in [0, 0.1) is 12.7 Å². The van der Waals surface area contributed by atoms with Gasteiger partial charge in [0.2, 0.25) is 0 Å². The minimum Gasteiger partial charge on any atom is -0.346 e. The van der Waals surface area contributed by atoms with E-state index < -0.39 is 0 Å². The standard InChI is InChI=1S/C19H14FN7/c1-11-13(20)2-3-15(24-11)16-10-18(27-17(26-16)6-9-23-27)25-14-5-8-22-19-12(14)4-7-21-19/h2-10H,1H3,(H2,21,22,25). The number of nitrogens with one attached hydrogen (secondary N) is 2. The zero-order valence-corrected chi connectivity index (χ0v) is 14.3. The maximum Gasteiger partial charge on any atom is 0.158 e. The van der Waals surface area contributed by atoms with Gasteiger partial charge in [-0.15, -0.1) is 0 Å². The van der Waals surface area contributed by atoms with Crippen molar-refractivity contribution in [1.29, 1.82) is 0 Å². The summed E-state index contributed by atoms with van der Waals surface area (Å²) in [5, 5.41) is 8.70. The molecule has 0 aromatic carbocycles. The van der Waals surface area contributed by atoms with Crippen LogP contribution in [0.5, 0.6) is 0 Å². The van der Waals surface area contributed by atoms with Gasteiger partial charge in [-0.3, -0.25) is 0 Å². The van der Waals surface area contributed by atoms with Gasteiger partial charge in [-0.25, -0.2) is 19.3 Å². The Kier molecular flexibility index (Phi) is 3.36. The van der Waals surface area contributed by atoms with Gasteiger partial charge < -0.3 is 10.3 Å². The zero-order valence-electron chi connectivity index (χ0n) is 14.3. The maximum atomic E-state index is 13.6. The van der Waals surface area contributed by atoms with Crippen molar-refractivity contribution >= 4 is 28.2 Å². The molecule has 5 heterocycles. The van der Waals surface area contributed by atoms with Crippen molar-refractivity contribution in [2.24, 2.45) is 0 Å². The average Bonchev–Trinajstić information content (AvgIpc) is 3.33. The highest BCUT2D eigenvalue weighted by molar-refractivity contribution is 5.91. The number of aromatic amines is 1. The third-order valence-electron chi connectivity index (χ3n) is 4.37. The topological polar surface area (TPSA) is 83.8 Å². The number of fused-ring (bicyclic) bond motifs is 2. The largest absolute Gasteiger partial charge is 0.346 e. The minimum absolute atomic E-state index is 0.334. The number of aryl methyl sites for hydroxylation is 1. The SMILES string of the molecule is Cc1nc(-c2cc(Nc3ccnc4[nH]ccc34)n3nccc3n2)ccc1F. The summed E-state index contributed by atoms with van der Waals surface area (Å²) in [7, 11) is 0. The summed E-state index contributed by atoms with van der Waals surface area (Å²) in [5.74, 6) is 0.381. The molecule has 0 saturated carbocycles. The van der Waals surface area contributed by atoms with E-state index in [1.54, 1.807) is 29.9 Å². The summed E-state index contributed by atoms with van der Waals surface area (Å²) < 4.78 is 15.3. The number of hydrogen-bond acceptors (Lipinski definition) is 5. The Morgan fingerprint density at radius 1 is 1.04 bits per heavy atom. The Morgan fingerprint density at radius 2 is 1.96 bits per heavy atom. The molecule has 0 radical (unpaired) electrons. The number of aromatic nitrogens is 6. The van der Waals surface area contributed by atoms with Crippen LogP contribution >= 0.6 is 0 Å². The Morgan fingerprint density at radius 3 is 2.85 bits per heavy atom. The number of anilines is 2. The van der Waals surface area contributed by atoms with Gasteiger partial charge in [0.15, 0.2) is 5.65 Å². The van der Waals surface area contributed by atoms with Gasteiger partial charge >= 0.3 is 0 Å². The second kappa shape index (κ2) is 5.87. The number of halogens is 1. The number of nitrogens with zero attached hydrogens (tertiary/aromatic N) is 5. The molecule has 7 nitrogen and oxygen atoms in total. The van der Waals surface area contributed by atoms with Crippen molar-refractivity contribution in [3.8, 4) is 11.4 Å². The minimum atomic E-state index is -0.339. The molecule has 0 unspecified atom stereocenters. The van der Waals surface area contributed by atoms with Crippen molar-refractivity contribution in [3.05, 3.63) is 66.5 Å². The van der Waals surface area contributed by atoms with Crippen LogP contribution in [0.4, 0.5) is 15.9 Å². The number of pyridine rings is 2. The maximum absolute atomic E-state index is 13.6. The molecule has 0 amide bonds. The first kappa shape index (κ1) is 15.4. The molecule has 0 aliphatic heterocycles. The normalized spacial score (nSPS) is 11.3. The average molecular weight is 359 g/mol. The summed E-state index contributed by atoms with van der Waals surface area (Å²) in [6, 6.07) is 10.5. The van der Waals surface area contributed by atoms with Gasteiger partial charge in [-0.1, -0.05) is 0 Å². The zero-order chi connectivity index (χ0) is 18.4. The second-order valence-electron chi connectivity index (χ2n) is 6.12. The summed E-state index contributed by atoms with van der Waals surface area (Å²) in [4.78, 5) is 16.3. The first-order chi connectivity index (χ1) is 13.2. The molecule has 0 fully saturated rings. The lowest BCUT2D eigenvalue weighted by Gasteiger charge is -2.11. The summed E-state index contributed by atoms with van der Waals surface area (Å²) >= 11 is 0. The molecule has 2 N–H and O–H groups in total. The summed E-state index contributed by atoms with van der Waals surface area (Å²) in [5.41, 5.74) is 3.91. The van der Waals surface area contributed by atoms with Gasteiger partial charge in [-0.2, -0.15) is 9.61 Å². The lowest BCUT2D eigenvalue weighted by atomic mass is 10.2. The van der Waals surface area contributed by atoms with Crippen molar-refractivity contribution in [1.82, 2.24) is 29.5 Å². The molecule has 0 aliphatic rings. The van der Waals surface area contributed by atoms with Crippen LogP contribution in [0.25, 0.3) is 28.1 Å². The Bertz CT molecular complexity index is 1290. The van der Waals surface area contributed by atoms with E-state index in [2.05, 4.69) is 30.4 Å². The fourth-order valence-corrected chi connectivity index (χ4v) is 3.03.